The summed E-state index contributed by atoms with van der Waals surface area (Å²) in [5.74, 6) is -0.499. The second kappa shape index (κ2) is 7.74. The predicted molar refractivity (Wildman–Crippen MR) is 96.7 cm³/mol. The quantitative estimate of drug-likeness (QED) is 0.872. The molecule has 2 amide bonds. The van der Waals surface area contributed by atoms with Gasteiger partial charge >= 0.3 is 0 Å². The van der Waals surface area contributed by atoms with Gasteiger partial charge in [-0.1, -0.05) is 17.7 Å². The molecule has 0 saturated carbocycles. The largest absolute Gasteiger partial charge is 0.497 e. The average molecular weight is 377 g/mol. The first-order valence-electron chi connectivity index (χ1n) is 8.14. The van der Waals surface area contributed by atoms with Crippen LogP contribution in [0.25, 0.3) is 0 Å². The van der Waals surface area contributed by atoms with E-state index in [9.17, 15) is 14.0 Å². The highest BCUT2D eigenvalue weighted by molar-refractivity contribution is 6.31. The number of hydrogen-bond donors (Lipinski definition) is 1. The zero-order valence-electron chi connectivity index (χ0n) is 14.2. The Balaban J connectivity index is 1.61. The summed E-state index contributed by atoms with van der Waals surface area (Å²) in [6.45, 7) is 0.499. The standard InChI is InChI=1S/C19H18ClFN2O3/c1-26-16-6-4-15(5-7-16)23-11-13(8-18(23)24)19(25)22-10-12-2-3-14(21)9-17(12)20/h2-7,9,13H,8,10-11H2,1H3,(H,22,25)/t13-/m1/s1. The molecular formula is C19H18ClFN2O3. The lowest BCUT2D eigenvalue weighted by Crippen LogP contribution is -2.32. The molecule has 2 aromatic rings. The molecule has 7 heteroatoms. The summed E-state index contributed by atoms with van der Waals surface area (Å²) in [6, 6.07) is 11.1. The summed E-state index contributed by atoms with van der Waals surface area (Å²) in [5.41, 5.74) is 1.35. The number of ether oxygens (including phenoxy) is 1. The molecule has 0 aromatic heterocycles. The zero-order chi connectivity index (χ0) is 18.7. The van der Waals surface area contributed by atoms with Crippen molar-refractivity contribution >= 4 is 29.1 Å². The number of benzene rings is 2. The molecule has 0 aliphatic carbocycles. The third kappa shape index (κ3) is 3.96. The average Bonchev–Trinajstić information content (AvgIpc) is 3.02. The lowest BCUT2D eigenvalue weighted by atomic mass is 10.1. The fourth-order valence-corrected chi connectivity index (χ4v) is 3.12. The number of anilines is 1. The molecule has 1 fully saturated rings. The minimum Gasteiger partial charge on any atom is -0.497 e. The minimum absolute atomic E-state index is 0.102. The maximum Gasteiger partial charge on any atom is 0.227 e. The lowest BCUT2D eigenvalue weighted by molar-refractivity contribution is -0.126. The second-order valence-corrected chi connectivity index (χ2v) is 6.46. The highest BCUT2D eigenvalue weighted by Crippen LogP contribution is 2.27. The Morgan fingerprint density at radius 1 is 1.31 bits per heavy atom. The number of nitrogens with one attached hydrogen (secondary N) is 1. The van der Waals surface area contributed by atoms with Crippen LogP contribution in [0.1, 0.15) is 12.0 Å². The molecule has 3 rings (SSSR count). The lowest BCUT2D eigenvalue weighted by Gasteiger charge is -2.17. The third-order valence-electron chi connectivity index (χ3n) is 4.35. The first-order chi connectivity index (χ1) is 12.5. The van der Waals surface area contributed by atoms with E-state index in [0.717, 1.165) is 5.69 Å². The molecule has 1 heterocycles. The first-order valence-corrected chi connectivity index (χ1v) is 8.52. The van der Waals surface area contributed by atoms with Crippen molar-refractivity contribution in [3.8, 4) is 5.75 Å². The Morgan fingerprint density at radius 3 is 2.69 bits per heavy atom. The molecule has 0 bridgehead atoms. The Labute approximate surface area is 155 Å². The van der Waals surface area contributed by atoms with Crippen molar-refractivity contribution in [1.82, 2.24) is 5.32 Å². The van der Waals surface area contributed by atoms with E-state index < -0.39 is 11.7 Å². The van der Waals surface area contributed by atoms with Gasteiger partial charge in [-0.15, -0.1) is 0 Å². The van der Waals surface area contributed by atoms with E-state index in [0.29, 0.717) is 17.9 Å². The molecule has 5 nitrogen and oxygen atoms in total. The molecule has 1 atom stereocenters. The first kappa shape index (κ1) is 18.2. The van der Waals surface area contributed by atoms with Crippen molar-refractivity contribution in [2.45, 2.75) is 13.0 Å². The van der Waals surface area contributed by atoms with Crippen molar-refractivity contribution in [1.29, 1.82) is 0 Å². The van der Waals surface area contributed by atoms with Crippen LogP contribution < -0.4 is 15.0 Å². The summed E-state index contributed by atoms with van der Waals surface area (Å²) < 4.78 is 18.2. The molecule has 1 aliphatic rings. The maximum absolute atomic E-state index is 13.1. The number of carbonyl (C=O) groups excluding carboxylic acids is 2. The highest BCUT2D eigenvalue weighted by atomic mass is 35.5. The fourth-order valence-electron chi connectivity index (χ4n) is 2.89. The van der Waals surface area contributed by atoms with Gasteiger partial charge in [0.25, 0.3) is 0 Å². The number of carbonyl (C=O) groups is 2. The summed E-state index contributed by atoms with van der Waals surface area (Å²) in [7, 11) is 1.57. The van der Waals surface area contributed by atoms with E-state index in [1.807, 2.05) is 0 Å². The van der Waals surface area contributed by atoms with E-state index in [-0.39, 0.29) is 29.8 Å². The molecule has 0 unspecified atom stereocenters. The number of rotatable bonds is 5. The molecule has 2 aromatic carbocycles. The molecule has 0 radical (unpaired) electrons. The van der Waals surface area contributed by atoms with Gasteiger partial charge in [0.2, 0.25) is 11.8 Å². The van der Waals surface area contributed by atoms with Gasteiger partial charge in [-0.25, -0.2) is 4.39 Å². The third-order valence-corrected chi connectivity index (χ3v) is 4.70. The van der Waals surface area contributed by atoms with Crippen LogP contribution in [0, 0.1) is 11.7 Å². The summed E-state index contributed by atoms with van der Waals surface area (Å²) in [6.07, 6.45) is 0.148. The van der Waals surface area contributed by atoms with E-state index in [2.05, 4.69) is 5.32 Å². The van der Waals surface area contributed by atoms with Gasteiger partial charge in [-0.05, 0) is 42.0 Å². The fraction of sp³-hybridized carbons (Fsp3) is 0.263. The van der Waals surface area contributed by atoms with E-state index in [4.69, 9.17) is 16.3 Å². The van der Waals surface area contributed by atoms with Gasteiger partial charge in [0.05, 0.1) is 13.0 Å². The minimum atomic E-state index is -0.441. The van der Waals surface area contributed by atoms with E-state index >= 15 is 0 Å². The van der Waals surface area contributed by atoms with Gasteiger partial charge < -0.3 is 15.0 Å². The number of halogens is 2. The van der Waals surface area contributed by atoms with Gasteiger partial charge in [-0.2, -0.15) is 0 Å². The smallest absolute Gasteiger partial charge is 0.227 e. The normalized spacial score (nSPS) is 16.7. The van der Waals surface area contributed by atoms with Gasteiger partial charge in [-0.3, -0.25) is 9.59 Å². The van der Waals surface area contributed by atoms with Crippen LogP contribution in [0.4, 0.5) is 10.1 Å². The molecule has 1 aliphatic heterocycles. The molecule has 1 saturated heterocycles. The molecule has 0 spiro atoms. The number of methoxy groups -OCH3 is 1. The van der Waals surface area contributed by atoms with Crippen LogP contribution in [0.2, 0.25) is 5.02 Å². The van der Waals surface area contributed by atoms with Crippen molar-refractivity contribution in [3.63, 3.8) is 0 Å². The summed E-state index contributed by atoms with van der Waals surface area (Å²) in [4.78, 5) is 26.2. The zero-order valence-corrected chi connectivity index (χ0v) is 14.9. The van der Waals surface area contributed by atoms with Crippen molar-refractivity contribution < 1.29 is 18.7 Å². The SMILES string of the molecule is COc1ccc(N2C[C@H](C(=O)NCc3ccc(F)cc3Cl)CC2=O)cc1. The monoisotopic (exact) mass is 376 g/mol. The van der Waals surface area contributed by atoms with Crippen LogP contribution in [0.15, 0.2) is 42.5 Å². The molecule has 1 N–H and O–H groups in total. The Bertz CT molecular complexity index is 826. The number of hydrogen-bond acceptors (Lipinski definition) is 3. The molecule has 26 heavy (non-hydrogen) atoms. The Morgan fingerprint density at radius 2 is 2.04 bits per heavy atom. The highest BCUT2D eigenvalue weighted by Gasteiger charge is 2.35. The Kier molecular flexibility index (Phi) is 5.42. The maximum atomic E-state index is 13.1. The van der Waals surface area contributed by atoms with Crippen LogP contribution in [-0.2, 0) is 16.1 Å². The molecular weight excluding hydrogens is 359 g/mol. The summed E-state index contributed by atoms with van der Waals surface area (Å²) in [5, 5.41) is 3.02. The van der Waals surface area contributed by atoms with Crippen molar-refractivity contribution in [3.05, 3.63) is 58.9 Å². The van der Waals surface area contributed by atoms with Crippen LogP contribution in [0.5, 0.6) is 5.75 Å². The van der Waals surface area contributed by atoms with Gasteiger partial charge in [0.15, 0.2) is 0 Å². The predicted octanol–water partition coefficient (Wildman–Crippen LogP) is 3.16. The van der Waals surface area contributed by atoms with Crippen LogP contribution >= 0.6 is 11.6 Å². The molecule has 136 valence electrons. The van der Waals surface area contributed by atoms with Crippen LogP contribution in [0.3, 0.4) is 0 Å². The second-order valence-electron chi connectivity index (χ2n) is 6.06. The topological polar surface area (TPSA) is 58.6 Å². The van der Waals surface area contributed by atoms with Crippen LogP contribution in [-0.4, -0.2) is 25.5 Å². The van der Waals surface area contributed by atoms with Crippen molar-refractivity contribution in [2.24, 2.45) is 5.92 Å². The number of amides is 2. The van der Waals surface area contributed by atoms with Crippen molar-refractivity contribution in [2.75, 3.05) is 18.6 Å². The Hall–Kier alpha value is -2.60. The van der Waals surface area contributed by atoms with Gasteiger partial charge in [0.1, 0.15) is 11.6 Å². The summed E-state index contributed by atoms with van der Waals surface area (Å²) >= 11 is 5.96. The van der Waals surface area contributed by atoms with Gasteiger partial charge in [0, 0.05) is 30.2 Å². The van der Waals surface area contributed by atoms with E-state index in [1.165, 1.54) is 18.2 Å². The number of nitrogens with zero attached hydrogens (tertiary/aromatic N) is 1. The van der Waals surface area contributed by atoms with E-state index in [1.54, 1.807) is 36.3 Å².